The van der Waals surface area contributed by atoms with Gasteiger partial charge in [-0.25, -0.2) is 0 Å². The van der Waals surface area contributed by atoms with Crippen LogP contribution in [0.1, 0.15) is 19.4 Å². The maximum atomic E-state index is 5.42. The lowest BCUT2D eigenvalue weighted by atomic mass is 9.92. The maximum Gasteiger partial charge on any atom is 0.118 e. The number of morpholine rings is 1. The number of nitrogens with zero attached hydrogens (tertiary/aromatic N) is 1. The summed E-state index contributed by atoms with van der Waals surface area (Å²) in [5.41, 5.74) is 1.53. The van der Waals surface area contributed by atoms with Gasteiger partial charge < -0.3 is 9.47 Å². The quantitative estimate of drug-likeness (QED) is 0.817. The van der Waals surface area contributed by atoms with Gasteiger partial charge in [0.15, 0.2) is 0 Å². The van der Waals surface area contributed by atoms with Crippen molar-refractivity contribution < 1.29 is 9.47 Å². The van der Waals surface area contributed by atoms with Gasteiger partial charge in [0.2, 0.25) is 0 Å². The Balaban J connectivity index is 2.01. The number of rotatable bonds is 4. The Kier molecular flexibility index (Phi) is 4.25. The van der Waals surface area contributed by atoms with Gasteiger partial charge in [0.05, 0.1) is 20.3 Å². The zero-order valence-electron chi connectivity index (χ0n) is 11.6. The molecule has 0 spiro atoms. The molecule has 0 N–H and O–H groups in total. The molecule has 3 nitrogen and oxygen atoms in total. The van der Waals surface area contributed by atoms with Crippen LogP contribution in [-0.4, -0.2) is 43.9 Å². The molecule has 1 aliphatic rings. The highest BCUT2D eigenvalue weighted by Crippen LogP contribution is 2.22. The first-order chi connectivity index (χ1) is 8.62. The first-order valence-electron chi connectivity index (χ1n) is 6.57. The number of hydrogen-bond acceptors (Lipinski definition) is 3. The van der Waals surface area contributed by atoms with E-state index in [9.17, 15) is 0 Å². The number of benzene rings is 1. The van der Waals surface area contributed by atoms with Crippen LogP contribution in [0.4, 0.5) is 0 Å². The molecule has 1 aliphatic heterocycles. The lowest BCUT2D eigenvalue weighted by Gasteiger charge is -2.41. The molecule has 0 saturated carbocycles. The Morgan fingerprint density at radius 3 is 2.33 bits per heavy atom. The van der Waals surface area contributed by atoms with Crippen molar-refractivity contribution in [2.24, 2.45) is 0 Å². The molecule has 0 aliphatic carbocycles. The molecular formula is C15H23NO2. The fraction of sp³-hybridized carbons (Fsp3) is 0.600. The summed E-state index contributed by atoms with van der Waals surface area (Å²) in [6.45, 7) is 8.38. The number of hydrogen-bond donors (Lipinski definition) is 0. The SMILES string of the molecule is COc1ccc(CC(C)(C)N2CCOCC2)cc1. The third kappa shape index (κ3) is 3.24. The zero-order valence-corrected chi connectivity index (χ0v) is 11.6. The maximum absolute atomic E-state index is 5.42. The summed E-state index contributed by atoms with van der Waals surface area (Å²) in [4.78, 5) is 2.51. The summed E-state index contributed by atoms with van der Waals surface area (Å²) in [5.74, 6) is 0.919. The molecule has 0 radical (unpaired) electrons. The second kappa shape index (κ2) is 5.72. The smallest absolute Gasteiger partial charge is 0.118 e. The van der Waals surface area contributed by atoms with Crippen LogP contribution in [0.15, 0.2) is 24.3 Å². The summed E-state index contributed by atoms with van der Waals surface area (Å²) in [6, 6.07) is 8.37. The molecule has 1 aromatic carbocycles. The Bertz CT molecular complexity index is 367. The Morgan fingerprint density at radius 1 is 1.17 bits per heavy atom. The first-order valence-corrected chi connectivity index (χ1v) is 6.57. The Morgan fingerprint density at radius 2 is 1.78 bits per heavy atom. The van der Waals surface area contributed by atoms with Crippen LogP contribution in [0.5, 0.6) is 5.75 Å². The van der Waals surface area contributed by atoms with Gasteiger partial charge in [-0.2, -0.15) is 0 Å². The number of methoxy groups -OCH3 is 1. The van der Waals surface area contributed by atoms with Crippen LogP contribution in [0, 0.1) is 0 Å². The lowest BCUT2D eigenvalue weighted by Crippen LogP contribution is -2.51. The molecule has 0 aromatic heterocycles. The van der Waals surface area contributed by atoms with E-state index < -0.39 is 0 Å². The predicted molar refractivity (Wildman–Crippen MR) is 73.2 cm³/mol. The highest BCUT2D eigenvalue weighted by atomic mass is 16.5. The van der Waals surface area contributed by atoms with E-state index >= 15 is 0 Å². The second-order valence-corrected chi connectivity index (χ2v) is 5.44. The molecule has 0 bridgehead atoms. The van der Waals surface area contributed by atoms with Gasteiger partial charge in [-0.3, -0.25) is 4.90 Å². The molecule has 0 unspecified atom stereocenters. The third-order valence-corrected chi connectivity index (χ3v) is 3.66. The molecule has 0 atom stereocenters. The predicted octanol–water partition coefficient (Wildman–Crippen LogP) is 2.35. The van der Waals surface area contributed by atoms with Crippen molar-refractivity contribution >= 4 is 0 Å². The fourth-order valence-electron chi connectivity index (χ4n) is 2.52. The van der Waals surface area contributed by atoms with Crippen molar-refractivity contribution in [2.75, 3.05) is 33.4 Å². The summed E-state index contributed by atoms with van der Waals surface area (Å²) in [5, 5.41) is 0. The average molecular weight is 249 g/mol. The highest BCUT2D eigenvalue weighted by Gasteiger charge is 2.28. The standard InChI is InChI=1S/C15H23NO2/c1-15(2,16-8-10-18-11-9-16)12-13-4-6-14(17-3)7-5-13/h4-7H,8-12H2,1-3H3. The number of ether oxygens (including phenoxy) is 2. The van der Waals surface area contributed by atoms with E-state index in [-0.39, 0.29) is 5.54 Å². The molecule has 0 amide bonds. The average Bonchev–Trinajstić information content (AvgIpc) is 2.40. The summed E-state index contributed by atoms with van der Waals surface area (Å²) in [7, 11) is 1.70. The summed E-state index contributed by atoms with van der Waals surface area (Å²) < 4.78 is 10.6. The van der Waals surface area contributed by atoms with Crippen LogP contribution < -0.4 is 4.74 Å². The van der Waals surface area contributed by atoms with E-state index in [2.05, 4.69) is 30.9 Å². The van der Waals surface area contributed by atoms with E-state index in [1.165, 1.54) is 5.56 Å². The van der Waals surface area contributed by atoms with E-state index in [0.717, 1.165) is 38.5 Å². The van der Waals surface area contributed by atoms with Crippen molar-refractivity contribution in [2.45, 2.75) is 25.8 Å². The van der Waals surface area contributed by atoms with E-state index in [0.29, 0.717) is 0 Å². The van der Waals surface area contributed by atoms with Gasteiger partial charge in [0, 0.05) is 18.6 Å². The van der Waals surface area contributed by atoms with Crippen molar-refractivity contribution in [1.82, 2.24) is 4.90 Å². The lowest BCUT2D eigenvalue weighted by molar-refractivity contribution is -0.00984. The van der Waals surface area contributed by atoms with Crippen LogP contribution in [0.25, 0.3) is 0 Å². The van der Waals surface area contributed by atoms with E-state index in [4.69, 9.17) is 9.47 Å². The van der Waals surface area contributed by atoms with Gasteiger partial charge >= 0.3 is 0 Å². The molecule has 18 heavy (non-hydrogen) atoms. The highest BCUT2D eigenvalue weighted by molar-refractivity contribution is 5.28. The third-order valence-electron chi connectivity index (χ3n) is 3.66. The van der Waals surface area contributed by atoms with Crippen molar-refractivity contribution in [3.8, 4) is 5.75 Å². The second-order valence-electron chi connectivity index (χ2n) is 5.44. The van der Waals surface area contributed by atoms with Gasteiger partial charge in [0.25, 0.3) is 0 Å². The first kappa shape index (κ1) is 13.4. The monoisotopic (exact) mass is 249 g/mol. The zero-order chi connectivity index (χ0) is 13.0. The molecule has 3 heteroatoms. The Labute approximate surface area is 110 Å². The summed E-state index contributed by atoms with van der Waals surface area (Å²) in [6.07, 6.45) is 1.05. The van der Waals surface area contributed by atoms with Crippen LogP contribution in [0.2, 0.25) is 0 Å². The molecular weight excluding hydrogens is 226 g/mol. The van der Waals surface area contributed by atoms with Crippen molar-refractivity contribution in [3.63, 3.8) is 0 Å². The fourth-order valence-corrected chi connectivity index (χ4v) is 2.52. The van der Waals surface area contributed by atoms with Crippen LogP contribution in [0.3, 0.4) is 0 Å². The van der Waals surface area contributed by atoms with Gasteiger partial charge in [-0.1, -0.05) is 12.1 Å². The topological polar surface area (TPSA) is 21.7 Å². The van der Waals surface area contributed by atoms with Crippen molar-refractivity contribution in [3.05, 3.63) is 29.8 Å². The Hall–Kier alpha value is -1.06. The van der Waals surface area contributed by atoms with E-state index in [1.807, 2.05) is 12.1 Å². The minimum Gasteiger partial charge on any atom is -0.497 e. The molecule has 1 fully saturated rings. The van der Waals surface area contributed by atoms with Crippen molar-refractivity contribution in [1.29, 1.82) is 0 Å². The molecule has 100 valence electrons. The molecule has 1 aromatic rings. The van der Waals surface area contributed by atoms with Gasteiger partial charge in [-0.15, -0.1) is 0 Å². The van der Waals surface area contributed by atoms with Crippen LogP contribution >= 0.6 is 0 Å². The van der Waals surface area contributed by atoms with Gasteiger partial charge in [0.1, 0.15) is 5.75 Å². The van der Waals surface area contributed by atoms with Gasteiger partial charge in [-0.05, 0) is 38.0 Å². The molecule has 1 heterocycles. The largest absolute Gasteiger partial charge is 0.497 e. The molecule has 1 saturated heterocycles. The minimum absolute atomic E-state index is 0.179. The normalized spacial score (nSPS) is 17.7. The van der Waals surface area contributed by atoms with Crippen LogP contribution in [-0.2, 0) is 11.2 Å². The summed E-state index contributed by atoms with van der Waals surface area (Å²) >= 11 is 0. The molecule has 2 rings (SSSR count). The van der Waals surface area contributed by atoms with E-state index in [1.54, 1.807) is 7.11 Å². The minimum atomic E-state index is 0.179.